The van der Waals surface area contributed by atoms with E-state index in [1.54, 1.807) is 0 Å². The molecule has 0 aliphatic carbocycles. The second kappa shape index (κ2) is 4.28. The van der Waals surface area contributed by atoms with Crippen LogP contribution in [0.3, 0.4) is 0 Å². The molecule has 2 aliphatic heterocycles. The second-order valence-electron chi connectivity index (χ2n) is 4.17. The van der Waals surface area contributed by atoms with Crippen LogP contribution in [-0.2, 0) is 4.79 Å². The van der Waals surface area contributed by atoms with E-state index in [-0.39, 0.29) is 11.9 Å². The SMILES string of the molecule is CC1C(=O)NCCCN1C1CCCN1. The molecule has 4 heteroatoms. The number of nitrogens with zero attached hydrogens (tertiary/aromatic N) is 1. The molecule has 0 saturated carbocycles. The molecule has 0 spiro atoms. The maximum absolute atomic E-state index is 11.6. The van der Waals surface area contributed by atoms with Gasteiger partial charge in [0.05, 0.1) is 12.2 Å². The van der Waals surface area contributed by atoms with Crippen LogP contribution in [-0.4, -0.2) is 42.6 Å². The van der Waals surface area contributed by atoms with Crippen molar-refractivity contribution in [2.45, 2.75) is 38.4 Å². The lowest BCUT2D eigenvalue weighted by atomic mass is 10.2. The molecule has 2 saturated heterocycles. The highest BCUT2D eigenvalue weighted by Crippen LogP contribution is 2.15. The minimum atomic E-state index is 0.0214. The van der Waals surface area contributed by atoms with Crippen LogP contribution in [0, 0.1) is 0 Å². The summed E-state index contributed by atoms with van der Waals surface area (Å²) in [5.74, 6) is 0.177. The van der Waals surface area contributed by atoms with Crippen LogP contribution in [0.25, 0.3) is 0 Å². The molecule has 0 radical (unpaired) electrons. The zero-order chi connectivity index (χ0) is 9.97. The monoisotopic (exact) mass is 197 g/mol. The molecular weight excluding hydrogens is 178 g/mol. The van der Waals surface area contributed by atoms with Crippen LogP contribution in [0.4, 0.5) is 0 Å². The topological polar surface area (TPSA) is 44.4 Å². The fourth-order valence-electron chi connectivity index (χ4n) is 2.34. The van der Waals surface area contributed by atoms with E-state index in [0.29, 0.717) is 6.17 Å². The fourth-order valence-corrected chi connectivity index (χ4v) is 2.34. The third-order valence-corrected chi connectivity index (χ3v) is 3.20. The van der Waals surface area contributed by atoms with Crippen molar-refractivity contribution in [3.05, 3.63) is 0 Å². The minimum absolute atomic E-state index is 0.0214. The summed E-state index contributed by atoms with van der Waals surface area (Å²) >= 11 is 0. The van der Waals surface area contributed by atoms with Gasteiger partial charge in [-0.2, -0.15) is 0 Å². The average Bonchev–Trinajstić information content (AvgIpc) is 2.64. The standard InChI is InChI=1S/C10H19N3O/c1-8-10(14)12-6-3-7-13(8)9-4-2-5-11-9/h8-9,11H,2-7H2,1H3,(H,12,14). The summed E-state index contributed by atoms with van der Waals surface area (Å²) in [7, 11) is 0. The number of hydrogen-bond acceptors (Lipinski definition) is 3. The van der Waals surface area contributed by atoms with Crippen LogP contribution < -0.4 is 10.6 Å². The first-order valence-corrected chi connectivity index (χ1v) is 5.56. The molecule has 14 heavy (non-hydrogen) atoms. The number of carbonyl (C=O) groups excluding carboxylic acids is 1. The molecule has 2 atom stereocenters. The largest absolute Gasteiger partial charge is 0.355 e. The first-order chi connectivity index (χ1) is 6.79. The van der Waals surface area contributed by atoms with Gasteiger partial charge >= 0.3 is 0 Å². The van der Waals surface area contributed by atoms with Crippen molar-refractivity contribution in [3.8, 4) is 0 Å². The Hall–Kier alpha value is -0.610. The van der Waals surface area contributed by atoms with Crippen molar-refractivity contribution >= 4 is 5.91 Å². The van der Waals surface area contributed by atoms with E-state index in [4.69, 9.17) is 0 Å². The summed E-state index contributed by atoms with van der Waals surface area (Å²) in [5, 5.41) is 6.39. The summed E-state index contributed by atoms with van der Waals surface area (Å²) in [6.45, 7) is 4.94. The van der Waals surface area contributed by atoms with Crippen LogP contribution in [0.2, 0.25) is 0 Å². The van der Waals surface area contributed by atoms with E-state index in [9.17, 15) is 4.79 Å². The first-order valence-electron chi connectivity index (χ1n) is 5.56. The minimum Gasteiger partial charge on any atom is -0.355 e. The number of nitrogens with one attached hydrogen (secondary N) is 2. The molecule has 0 aromatic heterocycles. The Morgan fingerprint density at radius 1 is 1.36 bits per heavy atom. The molecule has 1 amide bonds. The Balaban J connectivity index is 2.03. The van der Waals surface area contributed by atoms with Crippen molar-refractivity contribution in [2.75, 3.05) is 19.6 Å². The maximum Gasteiger partial charge on any atom is 0.237 e. The van der Waals surface area contributed by atoms with Gasteiger partial charge in [0.25, 0.3) is 0 Å². The molecule has 0 aromatic carbocycles. The molecular formula is C10H19N3O. The predicted octanol–water partition coefficient (Wildman–Crippen LogP) is -0.0937. The van der Waals surface area contributed by atoms with E-state index in [1.165, 1.54) is 12.8 Å². The van der Waals surface area contributed by atoms with Crippen LogP contribution >= 0.6 is 0 Å². The highest BCUT2D eigenvalue weighted by molar-refractivity contribution is 5.81. The molecule has 2 rings (SSSR count). The number of hydrogen-bond donors (Lipinski definition) is 2. The van der Waals surface area contributed by atoms with Crippen molar-refractivity contribution in [3.63, 3.8) is 0 Å². The molecule has 2 aliphatic rings. The molecule has 0 bridgehead atoms. The zero-order valence-electron chi connectivity index (χ0n) is 8.75. The number of rotatable bonds is 1. The maximum atomic E-state index is 11.6. The van der Waals surface area contributed by atoms with Crippen LogP contribution in [0.1, 0.15) is 26.2 Å². The van der Waals surface area contributed by atoms with Crippen molar-refractivity contribution in [1.29, 1.82) is 0 Å². The van der Waals surface area contributed by atoms with Gasteiger partial charge in [-0.25, -0.2) is 0 Å². The Bertz CT molecular complexity index is 213. The zero-order valence-corrected chi connectivity index (χ0v) is 8.75. The molecule has 80 valence electrons. The quantitative estimate of drug-likeness (QED) is 0.617. The summed E-state index contributed by atoms with van der Waals surface area (Å²) < 4.78 is 0. The van der Waals surface area contributed by atoms with Crippen LogP contribution in [0.15, 0.2) is 0 Å². The summed E-state index contributed by atoms with van der Waals surface area (Å²) in [5.41, 5.74) is 0. The Morgan fingerprint density at radius 2 is 2.21 bits per heavy atom. The second-order valence-corrected chi connectivity index (χ2v) is 4.17. The van der Waals surface area contributed by atoms with Gasteiger partial charge in [-0.3, -0.25) is 9.69 Å². The van der Waals surface area contributed by atoms with E-state index < -0.39 is 0 Å². The summed E-state index contributed by atoms with van der Waals surface area (Å²) in [6.07, 6.45) is 3.90. The average molecular weight is 197 g/mol. The van der Waals surface area contributed by atoms with E-state index in [2.05, 4.69) is 15.5 Å². The van der Waals surface area contributed by atoms with Crippen molar-refractivity contribution < 1.29 is 4.79 Å². The third kappa shape index (κ3) is 1.91. The Morgan fingerprint density at radius 3 is 2.93 bits per heavy atom. The molecule has 4 nitrogen and oxygen atoms in total. The van der Waals surface area contributed by atoms with E-state index >= 15 is 0 Å². The highest BCUT2D eigenvalue weighted by atomic mass is 16.2. The van der Waals surface area contributed by atoms with Gasteiger partial charge in [0, 0.05) is 13.1 Å². The van der Waals surface area contributed by atoms with Gasteiger partial charge in [0.15, 0.2) is 0 Å². The van der Waals surface area contributed by atoms with Crippen LogP contribution in [0.5, 0.6) is 0 Å². The lowest BCUT2D eigenvalue weighted by Crippen LogP contribution is -2.50. The molecule has 2 unspecified atom stereocenters. The van der Waals surface area contributed by atoms with E-state index in [0.717, 1.165) is 26.1 Å². The van der Waals surface area contributed by atoms with Gasteiger partial charge in [-0.05, 0) is 32.7 Å². The van der Waals surface area contributed by atoms with Gasteiger partial charge in [0.2, 0.25) is 5.91 Å². The Kier molecular flexibility index (Phi) is 3.03. The van der Waals surface area contributed by atoms with Gasteiger partial charge in [0.1, 0.15) is 0 Å². The molecule has 0 aromatic rings. The fraction of sp³-hybridized carbons (Fsp3) is 0.900. The predicted molar refractivity (Wildman–Crippen MR) is 54.8 cm³/mol. The van der Waals surface area contributed by atoms with Gasteiger partial charge in [-0.1, -0.05) is 0 Å². The van der Waals surface area contributed by atoms with Gasteiger partial charge < -0.3 is 10.6 Å². The summed E-state index contributed by atoms with van der Waals surface area (Å²) in [4.78, 5) is 13.9. The molecule has 2 N–H and O–H groups in total. The van der Waals surface area contributed by atoms with E-state index in [1.807, 2.05) is 6.92 Å². The van der Waals surface area contributed by atoms with Crippen molar-refractivity contribution in [2.24, 2.45) is 0 Å². The summed E-state index contributed by atoms with van der Waals surface area (Å²) in [6, 6.07) is 0.0214. The first kappa shape index (κ1) is 9.93. The molecule has 2 fully saturated rings. The lowest BCUT2D eigenvalue weighted by Gasteiger charge is -2.31. The number of amides is 1. The normalized spacial score (nSPS) is 35.4. The number of carbonyl (C=O) groups is 1. The lowest BCUT2D eigenvalue weighted by molar-refractivity contribution is -0.125. The smallest absolute Gasteiger partial charge is 0.237 e. The van der Waals surface area contributed by atoms with Gasteiger partial charge in [-0.15, -0.1) is 0 Å². The van der Waals surface area contributed by atoms with Crippen molar-refractivity contribution in [1.82, 2.24) is 15.5 Å². The highest BCUT2D eigenvalue weighted by Gasteiger charge is 2.30. The third-order valence-electron chi connectivity index (χ3n) is 3.20. The molecule has 2 heterocycles. The Labute approximate surface area is 85.0 Å².